The van der Waals surface area contributed by atoms with E-state index in [9.17, 15) is 28.1 Å². The minimum Gasteiger partial charge on any atom is -0.481 e. The fraction of sp³-hybridized carbons (Fsp3) is 0.250. The molecule has 0 atom stereocenters. The number of hydrogen-bond donors (Lipinski definition) is 1. The summed E-state index contributed by atoms with van der Waals surface area (Å²) < 4.78 is 37.4. The molecule has 0 aliphatic rings. The molecule has 0 fully saturated rings. The minimum absolute atomic E-state index is 0.615. The normalized spacial score (nSPS) is 11.2. The van der Waals surface area contributed by atoms with Gasteiger partial charge in [0.15, 0.2) is 0 Å². The van der Waals surface area contributed by atoms with Crippen molar-refractivity contribution in [2.45, 2.75) is 12.6 Å². The average molecular weight is 250 g/mol. The topological polar surface area (TPSA) is 93.3 Å². The van der Waals surface area contributed by atoms with Crippen LogP contribution in [0.4, 0.5) is 19.0 Å². The van der Waals surface area contributed by atoms with E-state index in [1.54, 1.807) is 0 Å². The molecule has 1 heterocycles. The first kappa shape index (κ1) is 12.9. The molecule has 9 heteroatoms. The summed E-state index contributed by atoms with van der Waals surface area (Å²) in [6.07, 6.45) is -5.84. The number of carboxylic acids is 1. The van der Waals surface area contributed by atoms with Gasteiger partial charge in [-0.05, 0) is 16.0 Å². The number of carbonyl (C=O) groups is 1. The molecule has 0 radical (unpaired) electrons. The van der Waals surface area contributed by atoms with Crippen molar-refractivity contribution in [2.24, 2.45) is 0 Å². The van der Waals surface area contributed by atoms with Crippen molar-refractivity contribution in [3.8, 4) is 0 Å². The van der Waals surface area contributed by atoms with Crippen molar-refractivity contribution in [1.82, 2.24) is 4.98 Å². The lowest BCUT2D eigenvalue weighted by Crippen LogP contribution is -2.15. The van der Waals surface area contributed by atoms with E-state index < -0.39 is 40.6 Å². The van der Waals surface area contributed by atoms with E-state index >= 15 is 0 Å². The predicted octanol–water partition coefficient (Wildman–Crippen LogP) is 1.64. The molecule has 0 bridgehead atoms. The van der Waals surface area contributed by atoms with Crippen LogP contribution in [-0.2, 0) is 17.4 Å². The van der Waals surface area contributed by atoms with Crippen molar-refractivity contribution in [2.75, 3.05) is 0 Å². The molecule has 0 aliphatic carbocycles. The summed E-state index contributed by atoms with van der Waals surface area (Å²) in [6, 6.07) is 1.47. The van der Waals surface area contributed by atoms with E-state index in [1.807, 2.05) is 0 Å². The summed E-state index contributed by atoms with van der Waals surface area (Å²) in [4.78, 5) is 22.3. The highest BCUT2D eigenvalue weighted by atomic mass is 19.4. The Kier molecular flexibility index (Phi) is 3.30. The Morgan fingerprint density at radius 3 is 2.47 bits per heavy atom. The van der Waals surface area contributed by atoms with Gasteiger partial charge < -0.3 is 15.2 Å². The number of hydrogen-bond acceptors (Lipinski definition) is 4. The summed E-state index contributed by atoms with van der Waals surface area (Å²) >= 11 is 0. The molecule has 1 aromatic heterocycles. The van der Waals surface area contributed by atoms with Crippen LogP contribution in [0, 0.1) is 10.1 Å². The maximum absolute atomic E-state index is 12.5. The molecule has 0 saturated heterocycles. The van der Waals surface area contributed by atoms with Crippen LogP contribution in [0.1, 0.15) is 11.3 Å². The van der Waals surface area contributed by atoms with Gasteiger partial charge in [0.25, 0.3) is 5.69 Å². The third-order valence-electron chi connectivity index (χ3n) is 1.76. The number of carboxylic acid groups (broad SMARTS) is 1. The van der Waals surface area contributed by atoms with Gasteiger partial charge in [-0.3, -0.25) is 4.79 Å². The highest BCUT2D eigenvalue weighted by Crippen LogP contribution is 2.32. The average Bonchev–Trinajstić information content (AvgIpc) is 2.15. The van der Waals surface area contributed by atoms with Crippen molar-refractivity contribution in [3.63, 3.8) is 0 Å². The molecule has 0 aromatic carbocycles. The van der Waals surface area contributed by atoms with Gasteiger partial charge in [-0.2, -0.15) is 13.2 Å². The number of aromatic nitrogens is 1. The highest BCUT2D eigenvalue weighted by molar-refractivity contribution is 5.70. The Bertz CT molecular complexity index is 472. The molecule has 0 unspecified atom stereocenters. The van der Waals surface area contributed by atoms with Gasteiger partial charge in [-0.1, -0.05) is 0 Å². The van der Waals surface area contributed by atoms with Gasteiger partial charge in [0.2, 0.25) is 0 Å². The predicted molar refractivity (Wildman–Crippen MR) is 47.2 cm³/mol. The van der Waals surface area contributed by atoms with Gasteiger partial charge in [0.05, 0.1) is 6.42 Å². The van der Waals surface area contributed by atoms with Gasteiger partial charge in [-0.15, -0.1) is 0 Å². The molecule has 1 N–H and O–H groups in total. The summed E-state index contributed by atoms with van der Waals surface area (Å²) in [6.45, 7) is 0. The SMILES string of the molecule is O=C(O)Cc1ccc([N+](=O)[O-])nc1C(F)(F)F. The van der Waals surface area contributed by atoms with Crippen LogP contribution in [0.25, 0.3) is 0 Å². The standard InChI is InChI=1S/C8H5F3N2O4/c9-8(10,11)7-4(3-6(14)15)1-2-5(12-7)13(16)17/h1-2H,3H2,(H,14,15). The molecule has 1 aromatic rings. The number of halogens is 3. The molecular weight excluding hydrogens is 245 g/mol. The summed E-state index contributed by atoms with van der Waals surface area (Å²) in [5.74, 6) is -2.46. The summed E-state index contributed by atoms with van der Waals surface area (Å²) in [5, 5.41) is 18.7. The third-order valence-corrected chi connectivity index (χ3v) is 1.76. The number of aliphatic carboxylic acids is 1. The highest BCUT2D eigenvalue weighted by Gasteiger charge is 2.41. The van der Waals surface area contributed by atoms with Crippen LogP contribution in [0.5, 0.6) is 0 Å². The van der Waals surface area contributed by atoms with Crippen LogP contribution in [0.2, 0.25) is 0 Å². The van der Waals surface area contributed by atoms with Gasteiger partial charge in [0.1, 0.15) is 0 Å². The van der Waals surface area contributed by atoms with E-state index in [4.69, 9.17) is 5.11 Å². The molecule has 0 amide bonds. The first-order valence-electron chi connectivity index (χ1n) is 4.15. The minimum atomic E-state index is -4.93. The summed E-state index contributed by atoms with van der Waals surface area (Å²) in [5.41, 5.74) is -2.16. The largest absolute Gasteiger partial charge is 0.481 e. The lowest BCUT2D eigenvalue weighted by molar-refractivity contribution is -0.390. The van der Waals surface area contributed by atoms with Crippen LogP contribution in [0.15, 0.2) is 12.1 Å². The van der Waals surface area contributed by atoms with Crippen LogP contribution in [0.3, 0.4) is 0 Å². The smallest absolute Gasteiger partial charge is 0.458 e. The molecular formula is C8H5F3N2O4. The lowest BCUT2D eigenvalue weighted by Gasteiger charge is -2.06. The molecule has 0 aliphatic heterocycles. The first-order chi connectivity index (χ1) is 7.71. The number of nitro groups is 1. The monoisotopic (exact) mass is 250 g/mol. The lowest BCUT2D eigenvalue weighted by atomic mass is 10.1. The Labute approximate surface area is 91.9 Å². The van der Waals surface area contributed by atoms with Crippen molar-refractivity contribution < 1.29 is 28.0 Å². The van der Waals surface area contributed by atoms with E-state index in [2.05, 4.69) is 4.98 Å². The summed E-state index contributed by atoms with van der Waals surface area (Å²) in [7, 11) is 0. The van der Waals surface area contributed by atoms with Gasteiger partial charge in [0, 0.05) is 11.6 Å². The first-order valence-corrected chi connectivity index (χ1v) is 4.15. The third kappa shape index (κ3) is 3.13. The second-order valence-corrected chi connectivity index (χ2v) is 3.00. The molecule has 0 saturated carbocycles. The zero-order valence-corrected chi connectivity index (χ0v) is 8.06. The zero-order valence-electron chi connectivity index (χ0n) is 8.06. The Hall–Kier alpha value is -2.19. The second kappa shape index (κ2) is 4.36. The molecule has 92 valence electrons. The number of alkyl halides is 3. The maximum Gasteiger partial charge on any atom is 0.458 e. The zero-order chi connectivity index (χ0) is 13.2. The van der Waals surface area contributed by atoms with Gasteiger partial charge in [-0.25, -0.2) is 0 Å². The van der Waals surface area contributed by atoms with Crippen molar-refractivity contribution in [1.29, 1.82) is 0 Å². The number of rotatable bonds is 3. The maximum atomic E-state index is 12.5. The Balaban J connectivity index is 3.31. The van der Waals surface area contributed by atoms with Crippen LogP contribution >= 0.6 is 0 Å². The van der Waals surface area contributed by atoms with E-state index in [0.29, 0.717) is 0 Å². The molecule has 1 rings (SSSR count). The second-order valence-electron chi connectivity index (χ2n) is 3.00. The quantitative estimate of drug-likeness (QED) is 0.650. The van der Waals surface area contributed by atoms with E-state index in [0.717, 1.165) is 12.1 Å². The van der Waals surface area contributed by atoms with Crippen LogP contribution in [-0.4, -0.2) is 21.0 Å². The van der Waals surface area contributed by atoms with E-state index in [1.165, 1.54) is 0 Å². The van der Waals surface area contributed by atoms with Crippen molar-refractivity contribution >= 4 is 11.8 Å². The van der Waals surface area contributed by atoms with Crippen molar-refractivity contribution in [3.05, 3.63) is 33.5 Å². The number of pyridine rings is 1. The molecule has 17 heavy (non-hydrogen) atoms. The fourth-order valence-corrected chi connectivity index (χ4v) is 1.13. The Morgan fingerprint density at radius 2 is 2.06 bits per heavy atom. The van der Waals surface area contributed by atoms with Gasteiger partial charge >= 0.3 is 18.0 Å². The van der Waals surface area contributed by atoms with E-state index in [-0.39, 0.29) is 0 Å². The molecule has 6 nitrogen and oxygen atoms in total. The van der Waals surface area contributed by atoms with Crippen LogP contribution < -0.4 is 0 Å². The fourth-order valence-electron chi connectivity index (χ4n) is 1.13. The number of nitrogens with zero attached hydrogens (tertiary/aromatic N) is 2. The molecule has 0 spiro atoms. The Morgan fingerprint density at radius 1 is 1.47 bits per heavy atom.